The number of hydrogen-bond donors (Lipinski definition) is 0. The first kappa shape index (κ1) is 40.5. The van der Waals surface area contributed by atoms with Crippen molar-refractivity contribution < 1.29 is 42.9 Å². The Bertz CT molecular complexity index is 2320. The second-order valence-corrected chi connectivity index (χ2v) is 15.1. The Balaban J connectivity index is 1.30. The van der Waals surface area contributed by atoms with Crippen molar-refractivity contribution in [2.75, 3.05) is 6.61 Å². The predicted molar refractivity (Wildman–Crippen MR) is 225 cm³/mol. The van der Waals surface area contributed by atoms with Gasteiger partial charge in [0.05, 0.1) is 27.5 Å². The molecule has 9 nitrogen and oxygen atoms in total. The maximum absolute atomic E-state index is 14.0. The highest BCUT2D eigenvalue weighted by Gasteiger charge is 2.54. The van der Waals surface area contributed by atoms with E-state index in [1.807, 2.05) is 24.3 Å². The molecule has 0 saturated carbocycles. The van der Waals surface area contributed by atoms with E-state index in [1.165, 1.54) is 5.56 Å². The lowest BCUT2D eigenvalue weighted by atomic mass is 10.0. The average Bonchev–Trinajstić information content (AvgIpc) is 3.29. The highest BCUT2D eigenvalue weighted by Crippen LogP contribution is 2.41. The Morgan fingerprint density at radius 2 is 0.898 bits per heavy atom. The summed E-state index contributed by atoms with van der Waals surface area (Å²) >= 11 is 1.16. The summed E-state index contributed by atoms with van der Waals surface area (Å²) in [5.41, 5.74) is 3.10. The van der Waals surface area contributed by atoms with Gasteiger partial charge in [-0.3, -0.25) is 0 Å². The fourth-order valence-electron chi connectivity index (χ4n) is 6.62. The molecule has 0 radical (unpaired) electrons. The average molecular weight is 807 g/mol. The van der Waals surface area contributed by atoms with Gasteiger partial charge < -0.3 is 23.7 Å². The Morgan fingerprint density at radius 1 is 0.475 bits per heavy atom. The number of rotatable bonds is 14. The maximum Gasteiger partial charge on any atom is 0.338 e. The van der Waals surface area contributed by atoms with Crippen LogP contribution < -0.4 is 4.74 Å². The van der Waals surface area contributed by atoms with Gasteiger partial charge in [-0.2, -0.15) is 0 Å². The van der Waals surface area contributed by atoms with Crippen molar-refractivity contribution in [3.63, 3.8) is 0 Å². The molecule has 1 saturated heterocycles. The predicted octanol–water partition coefficient (Wildman–Crippen LogP) is 9.19. The zero-order valence-electron chi connectivity index (χ0n) is 32.3. The summed E-state index contributed by atoms with van der Waals surface area (Å²) in [7, 11) is 0. The van der Waals surface area contributed by atoms with Crippen LogP contribution in [-0.4, -0.2) is 59.5 Å². The molecule has 0 aromatic heterocycles. The number of carbonyl (C=O) groups is 4. The summed E-state index contributed by atoms with van der Waals surface area (Å²) in [4.78, 5) is 55.2. The van der Waals surface area contributed by atoms with Crippen LogP contribution in [0, 0.1) is 0 Å². The van der Waals surface area contributed by atoms with E-state index in [9.17, 15) is 19.2 Å². The third kappa shape index (κ3) is 10.5. The molecule has 1 aliphatic rings. The van der Waals surface area contributed by atoms with Crippen molar-refractivity contribution >= 4 is 35.6 Å². The van der Waals surface area contributed by atoms with Crippen LogP contribution in [0.5, 0.6) is 5.75 Å². The van der Waals surface area contributed by atoms with Gasteiger partial charge in [-0.05, 0) is 77.7 Å². The molecule has 7 rings (SSSR count). The van der Waals surface area contributed by atoms with Crippen molar-refractivity contribution in [3.8, 4) is 5.75 Å². The Morgan fingerprint density at radius 3 is 1.41 bits per heavy atom. The number of carbonyl (C=O) groups excluding carboxylic acids is 4. The summed E-state index contributed by atoms with van der Waals surface area (Å²) in [6.45, 7) is 1.82. The minimum atomic E-state index is -1.44. The van der Waals surface area contributed by atoms with Crippen molar-refractivity contribution in [2.45, 2.75) is 48.8 Å². The lowest BCUT2D eigenvalue weighted by Gasteiger charge is -2.44. The van der Waals surface area contributed by atoms with Crippen LogP contribution in [0.2, 0.25) is 0 Å². The monoisotopic (exact) mass is 806 g/mol. The molecule has 1 fully saturated rings. The fourth-order valence-corrected chi connectivity index (χ4v) is 8.01. The summed E-state index contributed by atoms with van der Waals surface area (Å²) in [5.74, 6) is -2.29. The van der Waals surface area contributed by atoms with Gasteiger partial charge in [0.15, 0.2) is 23.7 Å². The summed E-state index contributed by atoms with van der Waals surface area (Å²) in [6.07, 6.45) is -2.63. The van der Waals surface area contributed by atoms with Gasteiger partial charge in [0.25, 0.3) is 0 Å². The van der Waals surface area contributed by atoms with E-state index in [0.717, 1.165) is 29.3 Å². The van der Waals surface area contributed by atoms with Crippen LogP contribution in [0.4, 0.5) is 0 Å². The number of hydrogen-bond acceptors (Lipinski definition) is 10. The van der Waals surface area contributed by atoms with Crippen molar-refractivity contribution in [1.29, 1.82) is 0 Å². The SMILES string of the molecule is CCc1ccc(Cc2ccccc2O[C@@H]2SC(COC(=O)c3ccccc3)[C@H](OC(=O)c3ccccc3)[C@H](OC(=O)c3ccccc3)C2OC(=O)c2ccccc2)cc1. The molecule has 59 heavy (non-hydrogen) atoms. The van der Waals surface area contributed by atoms with E-state index in [-0.39, 0.29) is 23.3 Å². The van der Waals surface area contributed by atoms with Crippen molar-refractivity contribution in [3.05, 3.63) is 209 Å². The molecular weight excluding hydrogens is 765 g/mol. The molecule has 0 N–H and O–H groups in total. The number of benzene rings is 6. The first-order valence-corrected chi connectivity index (χ1v) is 20.3. The third-order valence-corrected chi connectivity index (χ3v) is 11.2. The zero-order chi connectivity index (χ0) is 41.0. The Kier molecular flexibility index (Phi) is 13.5. The fraction of sp³-hybridized carbons (Fsp3) is 0.184. The quantitative estimate of drug-likeness (QED) is 0.0780. The molecule has 0 amide bonds. The molecular formula is C49H42O9S. The molecule has 0 spiro atoms. The second kappa shape index (κ2) is 19.7. The lowest BCUT2D eigenvalue weighted by Crippen LogP contribution is -2.60. The van der Waals surface area contributed by atoms with E-state index in [1.54, 1.807) is 121 Å². The van der Waals surface area contributed by atoms with Gasteiger partial charge in [0, 0.05) is 6.42 Å². The second-order valence-electron chi connectivity index (χ2n) is 13.8. The van der Waals surface area contributed by atoms with E-state index in [4.69, 9.17) is 23.7 Å². The molecule has 0 aliphatic carbocycles. The molecule has 2 unspecified atom stereocenters. The molecule has 0 bridgehead atoms. The molecule has 5 atom stereocenters. The minimum absolute atomic E-state index is 0.218. The van der Waals surface area contributed by atoms with Crippen molar-refractivity contribution in [2.24, 2.45) is 0 Å². The number of para-hydroxylation sites is 1. The Labute approximate surface area is 347 Å². The minimum Gasteiger partial charge on any atom is -0.475 e. The van der Waals surface area contributed by atoms with Crippen LogP contribution in [0.25, 0.3) is 0 Å². The molecule has 1 heterocycles. The molecule has 10 heteroatoms. The number of esters is 4. The van der Waals surface area contributed by atoms with Gasteiger partial charge in [0.1, 0.15) is 12.4 Å². The highest BCUT2D eigenvalue weighted by molar-refractivity contribution is 8.00. The van der Waals surface area contributed by atoms with Gasteiger partial charge >= 0.3 is 23.9 Å². The lowest BCUT2D eigenvalue weighted by molar-refractivity contribution is -0.111. The maximum atomic E-state index is 14.0. The van der Waals surface area contributed by atoms with Crippen LogP contribution in [0.1, 0.15) is 65.0 Å². The third-order valence-electron chi connectivity index (χ3n) is 9.78. The standard InChI is InChI=1S/C49H42O9S/c1-2-33-27-29-34(30-28-33)31-39-25-15-16-26-40(39)55-49-44(58-48(53)38-23-13-6-14-24-38)43(57-47(52)37-21-11-5-12-22-37)42(56-46(51)36-19-9-4-10-20-36)41(59-49)32-54-45(50)35-17-7-3-8-18-35/h3-30,41-44,49H,2,31-32H2,1H3/t41?,42-,43-,44?,49+/m0/s1. The van der Waals surface area contributed by atoms with Gasteiger partial charge in [0.2, 0.25) is 0 Å². The van der Waals surface area contributed by atoms with Crippen molar-refractivity contribution in [1.82, 2.24) is 0 Å². The van der Waals surface area contributed by atoms with Crippen LogP contribution in [0.3, 0.4) is 0 Å². The van der Waals surface area contributed by atoms with Gasteiger partial charge in [-0.15, -0.1) is 11.8 Å². The molecule has 1 aliphatic heterocycles. The van der Waals surface area contributed by atoms with Gasteiger partial charge in [-0.1, -0.05) is 122 Å². The number of ether oxygens (including phenoxy) is 5. The van der Waals surface area contributed by atoms with E-state index < -0.39 is 52.9 Å². The van der Waals surface area contributed by atoms with Crippen LogP contribution in [0.15, 0.2) is 170 Å². The van der Waals surface area contributed by atoms with E-state index >= 15 is 0 Å². The first-order valence-electron chi connectivity index (χ1n) is 19.3. The van der Waals surface area contributed by atoms with E-state index in [0.29, 0.717) is 17.7 Å². The first-order chi connectivity index (χ1) is 28.9. The summed E-state index contributed by atoms with van der Waals surface area (Å²) < 4.78 is 31.5. The highest BCUT2D eigenvalue weighted by atomic mass is 32.2. The largest absolute Gasteiger partial charge is 0.475 e. The normalized spacial score (nSPS) is 18.5. The number of aryl methyl sites for hydroxylation is 1. The molecule has 6 aromatic carbocycles. The molecule has 6 aromatic rings. The van der Waals surface area contributed by atoms with Gasteiger partial charge in [-0.25, -0.2) is 19.2 Å². The topological polar surface area (TPSA) is 114 Å². The summed E-state index contributed by atoms with van der Waals surface area (Å²) in [6, 6.07) is 49.5. The summed E-state index contributed by atoms with van der Waals surface area (Å²) in [5, 5.41) is -0.880. The van der Waals surface area contributed by atoms with E-state index in [2.05, 4.69) is 31.2 Å². The molecule has 298 valence electrons. The number of thioether (sulfide) groups is 1. The smallest absolute Gasteiger partial charge is 0.338 e. The zero-order valence-corrected chi connectivity index (χ0v) is 33.1. The van der Waals surface area contributed by atoms with Crippen LogP contribution in [-0.2, 0) is 31.8 Å². The van der Waals surface area contributed by atoms with Crippen LogP contribution >= 0.6 is 11.8 Å². The Hall–Kier alpha value is -6.65.